The van der Waals surface area contributed by atoms with E-state index in [0.717, 1.165) is 0 Å². The number of allylic oxidation sites excluding steroid dienone is 2. The van der Waals surface area contributed by atoms with E-state index in [0.29, 0.717) is 11.7 Å². The van der Waals surface area contributed by atoms with Gasteiger partial charge in [0.05, 0.1) is 0 Å². The van der Waals surface area contributed by atoms with Crippen molar-refractivity contribution in [3.05, 3.63) is 12.2 Å². The van der Waals surface area contributed by atoms with Crippen molar-refractivity contribution >= 4 is 5.78 Å². The fraction of sp³-hybridized carbons (Fsp3) is 0.571. The molecule has 0 bridgehead atoms. The van der Waals surface area contributed by atoms with Crippen molar-refractivity contribution < 1.29 is 4.79 Å². The van der Waals surface area contributed by atoms with Crippen LogP contribution in [0.2, 0.25) is 0 Å². The van der Waals surface area contributed by atoms with E-state index in [2.05, 4.69) is 0 Å². The molecular weight excluding hydrogens is 100 g/mol. The Morgan fingerprint density at radius 1 is 1.62 bits per heavy atom. The second kappa shape index (κ2) is 1.73. The van der Waals surface area contributed by atoms with Crippen LogP contribution in [0.15, 0.2) is 12.2 Å². The average Bonchev–Trinajstić information content (AvgIpc) is 2.25. The van der Waals surface area contributed by atoms with Gasteiger partial charge in [0.25, 0.3) is 0 Å². The Kier molecular flexibility index (Phi) is 1.20. The highest BCUT2D eigenvalue weighted by Gasteiger charge is 2.42. The number of rotatable bonds is 1. The molecule has 0 radical (unpaired) electrons. The van der Waals surface area contributed by atoms with E-state index in [1.54, 1.807) is 0 Å². The largest absolute Gasteiger partial charge is 0.299 e. The van der Waals surface area contributed by atoms with Crippen molar-refractivity contribution in [2.24, 2.45) is 11.8 Å². The van der Waals surface area contributed by atoms with Crippen molar-refractivity contribution in [2.45, 2.75) is 13.8 Å². The zero-order valence-corrected chi connectivity index (χ0v) is 5.22. The Labute approximate surface area is 49.4 Å². The Hall–Kier alpha value is -0.590. The van der Waals surface area contributed by atoms with Gasteiger partial charge in [0.1, 0.15) is 5.78 Å². The second-order valence-corrected chi connectivity index (χ2v) is 2.24. The lowest BCUT2D eigenvalue weighted by Crippen LogP contribution is -1.66. The van der Waals surface area contributed by atoms with Gasteiger partial charge in [-0.3, -0.25) is 4.79 Å². The molecule has 0 N–H and O–H groups in total. The highest BCUT2D eigenvalue weighted by molar-refractivity contribution is 6.00. The van der Waals surface area contributed by atoms with Gasteiger partial charge in [-0.05, 0) is 6.92 Å². The maximum Gasteiger partial charge on any atom is 0.144 e. The lowest BCUT2D eigenvalue weighted by atomic mass is 10.3. The molecule has 1 heteroatoms. The number of carbonyl (C=O) groups is 1. The summed E-state index contributed by atoms with van der Waals surface area (Å²) in [6.45, 7) is 3.91. The van der Waals surface area contributed by atoms with Gasteiger partial charge in [-0.2, -0.15) is 0 Å². The van der Waals surface area contributed by atoms with E-state index < -0.39 is 0 Å². The minimum atomic E-state index is 0.264. The van der Waals surface area contributed by atoms with Crippen LogP contribution in [0.5, 0.6) is 0 Å². The maximum atomic E-state index is 10.6. The van der Waals surface area contributed by atoms with Crippen LogP contribution in [0.25, 0.3) is 0 Å². The molecule has 1 fully saturated rings. The molecule has 1 rings (SSSR count). The van der Waals surface area contributed by atoms with Gasteiger partial charge in [0.2, 0.25) is 0 Å². The van der Waals surface area contributed by atoms with Crippen molar-refractivity contribution in [2.75, 3.05) is 0 Å². The smallest absolute Gasteiger partial charge is 0.144 e. The molecule has 0 amide bonds. The van der Waals surface area contributed by atoms with Crippen LogP contribution < -0.4 is 0 Å². The molecule has 1 aliphatic rings. The summed E-state index contributed by atoms with van der Waals surface area (Å²) in [4.78, 5) is 10.6. The first-order chi connectivity index (χ1) is 3.77. The second-order valence-electron chi connectivity index (χ2n) is 2.24. The summed E-state index contributed by atoms with van der Waals surface area (Å²) < 4.78 is 0. The molecule has 0 aromatic heterocycles. The summed E-state index contributed by atoms with van der Waals surface area (Å²) in [6.07, 6.45) is 3.90. The zero-order chi connectivity index (χ0) is 6.15. The molecule has 2 unspecified atom stereocenters. The first-order valence-electron chi connectivity index (χ1n) is 2.94. The Balaban J connectivity index is 2.45. The third kappa shape index (κ3) is 0.683. The predicted octanol–water partition coefficient (Wildman–Crippen LogP) is 1.40. The highest BCUT2D eigenvalue weighted by Crippen LogP contribution is 2.33. The van der Waals surface area contributed by atoms with Crippen LogP contribution in [0.3, 0.4) is 0 Å². The molecule has 1 nitrogen and oxygen atoms in total. The normalized spacial score (nSPS) is 36.5. The van der Waals surface area contributed by atoms with Crippen LogP contribution in [-0.2, 0) is 4.79 Å². The summed E-state index contributed by atoms with van der Waals surface area (Å²) in [6, 6.07) is 0. The average molecular weight is 110 g/mol. The van der Waals surface area contributed by atoms with Gasteiger partial charge in [0, 0.05) is 11.8 Å². The molecule has 1 aliphatic carbocycles. The fourth-order valence-electron chi connectivity index (χ4n) is 0.858. The summed E-state index contributed by atoms with van der Waals surface area (Å²) in [5.74, 6) is 0.967. The Bertz CT molecular complexity index is 135. The van der Waals surface area contributed by atoms with Crippen molar-refractivity contribution in [1.82, 2.24) is 0 Å². The SMILES string of the molecule is C/C=C/C1C(=O)C1C. The molecule has 0 aromatic carbocycles. The predicted molar refractivity (Wildman–Crippen MR) is 32.5 cm³/mol. The van der Waals surface area contributed by atoms with Gasteiger partial charge in [-0.15, -0.1) is 0 Å². The zero-order valence-electron chi connectivity index (χ0n) is 5.22. The monoisotopic (exact) mass is 110 g/mol. The van der Waals surface area contributed by atoms with Crippen LogP contribution >= 0.6 is 0 Å². The lowest BCUT2D eigenvalue weighted by molar-refractivity contribution is -0.111. The molecule has 0 saturated heterocycles. The number of hydrogen-bond acceptors (Lipinski definition) is 1. The Morgan fingerprint density at radius 3 is 2.25 bits per heavy atom. The molecule has 0 spiro atoms. The van der Waals surface area contributed by atoms with Crippen LogP contribution in [-0.4, -0.2) is 5.78 Å². The van der Waals surface area contributed by atoms with E-state index in [-0.39, 0.29) is 5.92 Å². The summed E-state index contributed by atoms with van der Waals surface area (Å²) in [5.41, 5.74) is 0. The molecule has 0 heterocycles. The molecule has 1 saturated carbocycles. The van der Waals surface area contributed by atoms with Gasteiger partial charge in [-0.1, -0.05) is 19.1 Å². The number of carbonyl (C=O) groups excluding carboxylic acids is 1. The van der Waals surface area contributed by atoms with Crippen LogP contribution in [0, 0.1) is 11.8 Å². The summed E-state index contributed by atoms with van der Waals surface area (Å²) in [5, 5.41) is 0. The highest BCUT2D eigenvalue weighted by atomic mass is 16.1. The van der Waals surface area contributed by atoms with E-state index in [1.165, 1.54) is 0 Å². The molecule has 2 atom stereocenters. The summed E-state index contributed by atoms with van der Waals surface area (Å²) in [7, 11) is 0. The van der Waals surface area contributed by atoms with Gasteiger partial charge in [-0.25, -0.2) is 0 Å². The standard InChI is InChI=1S/C7H10O/c1-3-4-6-5(2)7(6)8/h3-6H,1-2H3/b4-3+. The number of Topliss-reactive ketones (excluding diaryl/α,β-unsaturated/α-hetero) is 1. The topological polar surface area (TPSA) is 17.1 Å². The first kappa shape index (κ1) is 5.54. The Morgan fingerprint density at radius 2 is 2.12 bits per heavy atom. The molecule has 0 aromatic rings. The van der Waals surface area contributed by atoms with Gasteiger partial charge < -0.3 is 0 Å². The van der Waals surface area contributed by atoms with E-state index in [4.69, 9.17) is 0 Å². The third-order valence-electron chi connectivity index (χ3n) is 1.61. The quantitative estimate of drug-likeness (QED) is 0.466. The lowest BCUT2D eigenvalue weighted by Gasteiger charge is -1.72. The first-order valence-corrected chi connectivity index (χ1v) is 2.94. The van der Waals surface area contributed by atoms with Crippen molar-refractivity contribution in [3.63, 3.8) is 0 Å². The summed E-state index contributed by atoms with van der Waals surface area (Å²) >= 11 is 0. The van der Waals surface area contributed by atoms with Crippen molar-refractivity contribution in [1.29, 1.82) is 0 Å². The number of ketones is 1. The van der Waals surface area contributed by atoms with Crippen LogP contribution in [0.4, 0.5) is 0 Å². The van der Waals surface area contributed by atoms with E-state index >= 15 is 0 Å². The maximum absolute atomic E-state index is 10.6. The fourth-order valence-corrected chi connectivity index (χ4v) is 0.858. The van der Waals surface area contributed by atoms with Gasteiger partial charge in [0.15, 0.2) is 0 Å². The van der Waals surface area contributed by atoms with Gasteiger partial charge >= 0.3 is 0 Å². The minimum absolute atomic E-state index is 0.264. The minimum Gasteiger partial charge on any atom is -0.299 e. The molecule has 44 valence electrons. The molecular formula is C7H10O. The molecule has 8 heavy (non-hydrogen) atoms. The third-order valence-corrected chi connectivity index (χ3v) is 1.61. The number of hydrogen-bond donors (Lipinski definition) is 0. The van der Waals surface area contributed by atoms with Crippen LogP contribution in [0.1, 0.15) is 13.8 Å². The molecule has 0 aliphatic heterocycles. The van der Waals surface area contributed by atoms with E-state index in [1.807, 2.05) is 26.0 Å². The van der Waals surface area contributed by atoms with E-state index in [9.17, 15) is 4.79 Å². The van der Waals surface area contributed by atoms with Crippen molar-refractivity contribution in [3.8, 4) is 0 Å².